The van der Waals surface area contributed by atoms with Crippen molar-refractivity contribution in [1.82, 2.24) is 9.88 Å². The van der Waals surface area contributed by atoms with Crippen LogP contribution in [0.1, 0.15) is 34.9 Å². The molecule has 1 fully saturated rings. The highest BCUT2D eigenvalue weighted by molar-refractivity contribution is 6.37. The number of nitrogens with one attached hydrogen (secondary N) is 1. The molecule has 2 atom stereocenters. The van der Waals surface area contributed by atoms with Gasteiger partial charge in [0, 0.05) is 33.7 Å². The van der Waals surface area contributed by atoms with Gasteiger partial charge in [-0.25, -0.2) is 0 Å². The number of hydrogen-bond acceptors (Lipinski definition) is 2. The first-order valence-corrected chi connectivity index (χ1v) is 9.71. The fraction of sp³-hybridized carbons (Fsp3) is 0.238. The molecule has 4 nitrogen and oxygen atoms in total. The molecule has 136 valence electrons. The van der Waals surface area contributed by atoms with Gasteiger partial charge in [-0.1, -0.05) is 47.5 Å². The maximum Gasteiger partial charge on any atom is 0.235 e. The lowest BCUT2D eigenvalue weighted by Gasteiger charge is -2.18. The molecule has 2 amide bonds. The monoisotopic (exact) mass is 398 g/mol. The van der Waals surface area contributed by atoms with E-state index in [0.29, 0.717) is 15.6 Å². The fourth-order valence-corrected chi connectivity index (χ4v) is 5.17. The number of aryl methyl sites for hydroxylation is 2. The van der Waals surface area contributed by atoms with Crippen molar-refractivity contribution < 1.29 is 9.59 Å². The summed E-state index contributed by atoms with van der Waals surface area (Å²) in [6, 6.07) is 11.3. The van der Waals surface area contributed by atoms with Crippen LogP contribution in [0.25, 0.3) is 10.9 Å². The topological polar surface area (TPSA) is 51.1 Å². The first-order chi connectivity index (χ1) is 13.1. The van der Waals surface area contributed by atoms with Crippen LogP contribution in [0.15, 0.2) is 42.6 Å². The molecule has 2 aliphatic rings. The molecule has 0 aliphatic carbocycles. The van der Waals surface area contributed by atoms with Crippen molar-refractivity contribution in [2.45, 2.75) is 31.2 Å². The molecule has 1 N–H and O–H groups in total. The number of carbonyl (C=O) groups is 2. The lowest BCUT2D eigenvalue weighted by molar-refractivity contribution is -0.125. The molecule has 3 aromatic rings. The highest BCUT2D eigenvalue weighted by atomic mass is 35.5. The van der Waals surface area contributed by atoms with E-state index in [4.69, 9.17) is 23.2 Å². The van der Waals surface area contributed by atoms with Gasteiger partial charge >= 0.3 is 0 Å². The summed E-state index contributed by atoms with van der Waals surface area (Å²) in [5.74, 6) is -2.04. The van der Waals surface area contributed by atoms with Crippen LogP contribution in [0, 0.1) is 0 Å². The summed E-state index contributed by atoms with van der Waals surface area (Å²) in [4.78, 5) is 25.5. The average Bonchev–Trinajstić information content (AvgIpc) is 3.14. The maximum absolute atomic E-state index is 12.8. The van der Waals surface area contributed by atoms with Crippen molar-refractivity contribution in [3.63, 3.8) is 0 Å². The van der Waals surface area contributed by atoms with Crippen molar-refractivity contribution >= 4 is 45.9 Å². The Kier molecular flexibility index (Phi) is 3.81. The van der Waals surface area contributed by atoms with Crippen molar-refractivity contribution in [2.75, 3.05) is 0 Å². The molecule has 6 heteroatoms. The minimum Gasteiger partial charge on any atom is -0.347 e. The Labute approximate surface area is 166 Å². The Morgan fingerprint density at radius 2 is 1.67 bits per heavy atom. The zero-order valence-electron chi connectivity index (χ0n) is 14.3. The summed E-state index contributed by atoms with van der Waals surface area (Å²) in [5, 5.41) is 4.31. The Morgan fingerprint density at radius 3 is 2.44 bits per heavy atom. The maximum atomic E-state index is 12.8. The van der Waals surface area contributed by atoms with Gasteiger partial charge in [-0.15, -0.1) is 0 Å². The van der Waals surface area contributed by atoms with E-state index in [1.807, 2.05) is 18.3 Å². The first-order valence-electron chi connectivity index (χ1n) is 8.95. The summed E-state index contributed by atoms with van der Waals surface area (Å²) in [6.07, 6.45) is 4.11. The molecule has 3 heterocycles. The third kappa shape index (κ3) is 2.43. The fourth-order valence-electron chi connectivity index (χ4n) is 4.54. The molecule has 2 aliphatic heterocycles. The SMILES string of the molecule is O=C1NC(=O)[C@@H](c2cn3c4c(cccc24)CCC3)[C@@H]1c1c(Cl)cccc1Cl. The second kappa shape index (κ2) is 6.11. The second-order valence-electron chi connectivity index (χ2n) is 7.14. The minimum atomic E-state index is -0.734. The lowest BCUT2D eigenvalue weighted by Crippen LogP contribution is -2.21. The van der Waals surface area contributed by atoms with E-state index >= 15 is 0 Å². The van der Waals surface area contributed by atoms with Gasteiger partial charge < -0.3 is 4.57 Å². The molecule has 1 aromatic heterocycles. The number of benzene rings is 2. The molecule has 0 spiro atoms. The number of hydrogen-bond donors (Lipinski definition) is 1. The van der Waals surface area contributed by atoms with Crippen LogP contribution in [-0.2, 0) is 22.6 Å². The molecule has 1 saturated heterocycles. The van der Waals surface area contributed by atoms with Crippen molar-refractivity contribution in [3.8, 4) is 0 Å². The van der Waals surface area contributed by atoms with Crippen LogP contribution in [0.4, 0.5) is 0 Å². The molecule has 5 rings (SSSR count). The second-order valence-corrected chi connectivity index (χ2v) is 7.95. The van der Waals surface area contributed by atoms with Crippen molar-refractivity contribution in [1.29, 1.82) is 0 Å². The van der Waals surface area contributed by atoms with Crippen LogP contribution < -0.4 is 5.32 Å². The summed E-state index contributed by atoms with van der Waals surface area (Å²) in [5.41, 5.74) is 3.82. The van der Waals surface area contributed by atoms with Crippen LogP contribution in [0.2, 0.25) is 10.0 Å². The number of imide groups is 1. The smallest absolute Gasteiger partial charge is 0.235 e. The predicted molar refractivity (Wildman–Crippen MR) is 105 cm³/mol. The average molecular weight is 399 g/mol. The number of nitrogens with zero attached hydrogens (tertiary/aromatic N) is 1. The summed E-state index contributed by atoms with van der Waals surface area (Å²) in [7, 11) is 0. The standard InChI is InChI=1S/C21H16Cl2N2O2/c22-14-7-2-8-15(23)17(14)18-16(20(26)24-21(18)27)13-10-25-9-3-5-11-4-1-6-12(13)19(11)25/h1-2,4,6-8,10,16,18H,3,5,9H2,(H,24,26,27)/t16-,18+/m0/s1. The summed E-state index contributed by atoms with van der Waals surface area (Å²) in [6.45, 7) is 0.910. The largest absolute Gasteiger partial charge is 0.347 e. The highest BCUT2D eigenvalue weighted by Gasteiger charge is 2.46. The van der Waals surface area contributed by atoms with E-state index in [9.17, 15) is 9.59 Å². The van der Waals surface area contributed by atoms with Gasteiger partial charge in [0.15, 0.2) is 0 Å². The number of aromatic nitrogens is 1. The van der Waals surface area contributed by atoms with Crippen LogP contribution in [-0.4, -0.2) is 16.4 Å². The zero-order valence-corrected chi connectivity index (χ0v) is 15.8. The first kappa shape index (κ1) is 16.8. The van der Waals surface area contributed by atoms with Gasteiger partial charge in [-0.2, -0.15) is 0 Å². The number of amides is 2. The van der Waals surface area contributed by atoms with Crippen molar-refractivity contribution in [3.05, 3.63) is 69.3 Å². The number of para-hydroxylation sites is 1. The van der Waals surface area contributed by atoms with Crippen LogP contribution in [0.3, 0.4) is 0 Å². The van der Waals surface area contributed by atoms with Gasteiger partial charge in [0.05, 0.1) is 17.4 Å². The van der Waals surface area contributed by atoms with Crippen LogP contribution >= 0.6 is 23.2 Å². The van der Waals surface area contributed by atoms with Gasteiger partial charge in [0.1, 0.15) is 0 Å². The third-order valence-electron chi connectivity index (χ3n) is 5.65. The van der Waals surface area contributed by atoms with Gasteiger partial charge in [0.2, 0.25) is 11.8 Å². The quantitative estimate of drug-likeness (QED) is 0.649. The van der Waals surface area contributed by atoms with E-state index in [-0.39, 0.29) is 11.8 Å². The third-order valence-corrected chi connectivity index (χ3v) is 6.31. The molecular weight excluding hydrogens is 383 g/mol. The van der Waals surface area contributed by atoms with E-state index in [1.54, 1.807) is 18.2 Å². The summed E-state index contributed by atoms with van der Waals surface area (Å²) >= 11 is 12.8. The predicted octanol–water partition coefficient (Wildman–Crippen LogP) is 4.42. The van der Waals surface area contributed by atoms with E-state index in [2.05, 4.69) is 16.0 Å². The van der Waals surface area contributed by atoms with E-state index < -0.39 is 11.8 Å². The Balaban J connectivity index is 1.74. The molecule has 2 aromatic carbocycles. The van der Waals surface area contributed by atoms with Crippen LogP contribution in [0.5, 0.6) is 0 Å². The number of halogens is 2. The number of rotatable bonds is 2. The van der Waals surface area contributed by atoms with Gasteiger partial charge in [-0.3, -0.25) is 14.9 Å². The Morgan fingerprint density at radius 1 is 0.963 bits per heavy atom. The zero-order chi connectivity index (χ0) is 18.7. The highest BCUT2D eigenvalue weighted by Crippen LogP contribution is 2.46. The van der Waals surface area contributed by atoms with E-state index in [1.165, 1.54) is 5.56 Å². The molecular formula is C21H16Cl2N2O2. The van der Waals surface area contributed by atoms with E-state index in [0.717, 1.165) is 35.9 Å². The Bertz CT molecular complexity index is 1100. The molecule has 0 unspecified atom stereocenters. The minimum absolute atomic E-state index is 0.301. The number of carbonyl (C=O) groups excluding carboxylic acids is 2. The van der Waals surface area contributed by atoms with Gasteiger partial charge in [0.25, 0.3) is 0 Å². The molecule has 27 heavy (non-hydrogen) atoms. The normalized spacial score (nSPS) is 21.7. The Hall–Kier alpha value is -2.30. The van der Waals surface area contributed by atoms with Gasteiger partial charge in [-0.05, 0) is 36.1 Å². The lowest BCUT2D eigenvalue weighted by atomic mass is 9.83. The molecule has 0 radical (unpaired) electrons. The summed E-state index contributed by atoms with van der Waals surface area (Å²) < 4.78 is 2.20. The van der Waals surface area contributed by atoms with Crippen molar-refractivity contribution in [2.24, 2.45) is 0 Å². The molecule has 0 saturated carbocycles. The molecule has 0 bridgehead atoms.